The molecule has 2 amide bonds. The maximum atomic E-state index is 13.0. The van der Waals surface area contributed by atoms with E-state index in [9.17, 15) is 22.8 Å². The molecule has 1 aromatic carbocycles. The first kappa shape index (κ1) is 42.2. The van der Waals surface area contributed by atoms with Crippen LogP contribution in [-0.2, 0) is 52.8 Å². The Morgan fingerprint density at radius 2 is 1.23 bits per heavy atom. The minimum Gasteiger partial charge on any atom is -0.469 e. The number of carbonyl (C=O) groups excluding carboxylic acids is 3. The van der Waals surface area contributed by atoms with E-state index in [0.29, 0.717) is 6.61 Å². The normalized spacial score (nSPS) is 13.1. The molecule has 16 heteroatoms. The second-order valence-electron chi connectivity index (χ2n) is 11.1. The number of ether oxygens (including phenoxy) is 7. The summed E-state index contributed by atoms with van der Waals surface area (Å²) in [5.74, 6) is -0.872. The number of rotatable bonds is 26. The van der Waals surface area contributed by atoms with Crippen molar-refractivity contribution in [3.8, 4) is 0 Å². The van der Waals surface area contributed by atoms with Crippen molar-refractivity contribution in [3.63, 3.8) is 0 Å². The van der Waals surface area contributed by atoms with Crippen LogP contribution in [0.15, 0.2) is 29.2 Å². The smallest absolute Gasteiger partial charge is 0.315 e. The molecule has 0 aliphatic carbocycles. The highest BCUT2D eigenvalue weighted by Crippen LogP contribution is 2.12. The Bertz CT molecular complexity index is 1130. The van der Waals surface area contributed by atoms with Crippen molar-refractivity contribution in [2.24, 2.45) is 0 Å². The second kappa shape index (κ2) is 23.5. The molecule has 0 aromatic heterocycles. The number of amides is 2. The fourth-order valence-electron chi connectivity index (χ4n) is 3.96. The average molecular weight is 692 g/mol. The molecule has 2 atom stereocenters. The standard InChI is InChI=1S/C31H53N3O12S/c1-7-14-44-21-31(22-45-15-12-28(35)40-5,23-46-16-13-29(36)41-6)33-30(37)32-25(3)19-42-17-18-43-20-26(4)34-47(38,39)27-10-8-24(2)9-11-27/h8-11,25-26,34H,7,12-23H2,1-6H3,(H2,32,33,37). The van der Waals surface area contributed by atoms with Crippen LogP contribution in [0.2, 0.25) is 0 Å². The van der Waals surface area contributed by atoms with Crippen molar-refractivity contribution in [2.45, 2.75) is 69.5 Å². The van der Waals surface area contributed by atoms with Gasteiger partial charge in [-0.1, -0.05) is 24.6 Å². The summed E-state index contributed by atoms with van der Waals surface area (Å²) in [5.41, 5.74) is -0.176. The minimum absolute atomic E-state index is 0.0256. The molecule has 2 unspecified atom stereocenters. The van der Waals surface area contributed by atoms with Crippen molar-refractivity contribution in [3.05, 3.63) is 29.8 Å². The largest absolute Gasteiger partial charge is 0.469 e. The molecule has 1 aromatic rings. The van der Waals surface area contributed by atoms with Crippen LogP contribution in [0.3, 0.4) is 0 Å². The van der Waals surface area contributed by atoms with Gasteiger partial charge in [-0.05, 0) is 39.3 Å². The van der Waals surface area contributed by atoms with Gasteiger partial charge in [0, 0.05) is 12.6 Å². The number of benzene rings is 1. The molecule has 0 aliphatic heterocycles. The molecule has 0 radical (unpaired) electrons. The van der Waals surface area contributed by atoms with Crippen LogP contribution >= 0.6 is 0 Å². The second-order valence-corrected chi connectivity index (χ2v) is 12.8. The van der Waals surface area contributed by atoms with Crippen LogP contribution in [0.5, 0.6) is 0 Å². The van der Waals surface area contributed by atoms with Gasteiger partial charge in [-0.3, -0.25) is 9.59 Å². The summed E-state index contributed by atoms with van der Waals surface area (Å²) in [6, 6.07) is 5.19. The van der Waals surface area contributed by atoms with Crippen LogP contribution < -0.4 is 15.4 Å². The van der Waals surface area contributed by atoms with E-state index >= 15 is 0 Å². The van der Waals surface area contributed by atoms with Crippen molar-refractivity contribution >= 4 is 28.0 Å². The summed E-state index contributed by atoms with van der Waals surface area (Å²) >= 11 is 0. The van der Waals surface area contributed by atoms with Gasteiger partial charge >= 0.3 is 18.0 Å². The number of sulfonamides is 1. The van der Waals surface area contributed by atoms with Crippen molar-refractivity contribution in [1.29, 1.82) is 0 Å². The summed E-state index contributed by atoms with van der Waals surface area (Å²) in [7, 11) is -1.09. The lowest BCUT2D eigenvalue weighted by atomic mass is 10.0. The van der Waals surface area contributed by atoms with E-state index in [-0.39, 0.29) is 77.2 Å². The maximum absolute atomic E-state index is 13.0. The molecule has 0 aliphatic rings. The molecule has 47 heavy (non-hydrogen) atoms. The van der Waals surface area contributed by atoms with Gasteiger partial charge in [-0.25, -0.2) is 17.9 Å². The number of methoxy groups -OCH3 is 2. The molecule has 3 N–H and O–H groups in total. The molecule has 0 saturated heterocycles. The molecular formula is C31H53N3O12S. The first-order chi connectivity index (χ1) is 22.4. The highest BCUT2D eigenvalue weighted by atomic mass is 32.2. The van der Waals surface area contributed by atoms with Gasteiger partial charge in [-0.15, -0.1) is 0 Å². The maximum Gasteiger partial charge on any atom is 0.315 e. The van der Waals surface area contributed by atoms with E-state index in [0.717, 1.165) is 12.0 Å². The molecule has 0 bridgehead atoms. The summed E-state index contributed by atoms with van der Waals surface area (Å²) in [4.78, 5) is 36.3. The minimum atomic E-state index is -3.66. The quantitative estimate of drug-likeness (QED) is 0.0945. The Balaban J connectivity index is 2.58. The average Bonchev–Trinajstić information content (AvgIpc) is 3.02. The van der Waals surface area contributed by atoms with Gasteiger partial charge in [0.15, 0.2) is 0 Å². The van der Waals surface area contributed by atoms with Crippen molar-refractivity contribution < 1.29 is 56.0 Å². The van der Waals surface area contributed by atoms with Crippen molar-refractivity contribution in [1.82, 2.24) is 15.4 Å². The van der Waals surface area contributed by atoms with Gasteiger partial charge in [0.2, 0.25) is 10.0 Å². The Morgan fingerprint density at radius 1 is 0.745 bits per heavy atom. The number of esters is 2. The fraction of sp³-hybridized carbons (Fsp3) is 0.710. The van der Waals surface area contributed by atoms with Gasteiger partial charge in [0.05, 0.1) is 97.5 Å². The number of urea groups is 1. The number of hydrogen-bond acceptors (Lipinski definition) is 12. The van der Waals surface area contributed by atoms with Crippen LogP contribution in [0, 0.1) is 6.92 Å². The molecule has 15 nitrogen and oxygen atoms in total. The lowest BCUT2D eigenvalue weighted by Crippen LogP contribution is -2.61. The highest BCUT2D eigenvalue weighted by molar-refractivity contribution is 7.89. The lowest BCUT2D eigenvalue weighted by Gasteiger charge is -2.34. The highest BCUT2D eigenvalue weighted by Gasteiger charge is 2.34. The Morgan fingerprint density at radius 3 is 1.72 bits per heavy atom. The third-order valence-electron chi connectivity index (χ3n) is 6.39. The van der Waals surface area contributed by atoms with Crippen LogP contribution in [0.4, 0.5) is 4.79 Å². The first-order valence-electron chi connectivity index (χ1n) is 15.6. The first-order valence-corrected chi connectivity index (χ1v) is 17.0. The van der Waals surface area contributed by atoms with Crippen LogP contribution in [0.1, 0.15) is 45.6 Å². The van der Waals surface area contributed by atoms with E-state index in [1.165, 1.54) is 14.2 Å². The van der Waals surface area contributed by atoms with Gasteiger partial charge < -0.3 is 43.8 Å². The van der Waals surface area contributed by atoms with E-state index in [4.69, 9.17) is 23.7 Å². The third-order valence-corrected chi connectivity index (χ3v) is 8.00. The molecule has 270 valence electrons. The zero-order chi connectivity index (χ0) is 35.1. The Kier molecular flexibility index (Phi) is 21.0. The third kappa shape index (κ3) is 18.9. The van der Waals surface area contributed by atoms with E-state index in [1.807, 2.05) is 13.8 Å². The summed E-state index contributed by atoms with van der Waals surface area (Å²) in [6.45, 7) is 8.57. The molecule has 1 rings (SSSR count). The Hall–Kier alpha value is -2.86. The molecule has 0 fully saturated rings. The molecular weight excluding hydrogens is 638 g/mol. The zero-order valence-corrected chi connectivity index (χ0v) is 29.3. The number of hydrogen-bond donors (Lipinski definition) is 3. The van der Waals surface area contributed by atoms with Gasteiger partial charge in [0.25, 0.3) is 0 Å². The summed E-state index contributed by atoms with van der Waals surface area (Å²) in [6.07, 6.45) is 0.796. The zero-order valence-electron chi connectivity index (χ0n) is 28.5. The topological polar surface area (TPSA) is 186 Å². The van der Waals surface area contributed by atoms with E-state index in [1.54, 1.807) is 38.1 Å². The Labute approximate surface area is 278 Å². The molecule has 0 spiro atoms. The number of carbonyl (C=O) groups is 3. The molecule has 0 saturated carbocycles. The summed E-state index contributed by atoms with van der Waals surface area (Å²) < 4.78 is 65.3. The number of aryl methyl sites for hydroxylation is 1. The van der Waals surface area contributed by atoms with E-state index in [2.05, 4.69) is 24.8 Å². The van der Waals surface area contributed by atoms with Gasteiger partial charge in [-0.2, -0.15) is 0 Å². The lowest BCUT2D eigenvalue weighted by molar-refractivity contribution is -0.142. The predicted molar refractivity (Wildman–Crippen MR) is 172 cm³/mol. The summed E-state index contributed by atoms with van der Waals surface area (Å²) in [5, 5.41) is 5.69. The van der Waals surface area contributed by atoms with Crippen LogP contribution in [0.25, 0.3) is 0 Å². The SMILES string of the molecule is CCCOCC(COCCC(=O)OC)(COCCC(=O)OC)NC(=O)NC(C)COCCOCC(C)NS(=O)(=O)c1ccc(C)cc1. The monoisotopic (exact) mass is 691 g/mol. The fourth-order valence-corrected chi connectivity index (χ4v) is 5.19. The predicted octanol–water partition coefficient (Wildman–Crippen LogP) is 1.71. The van der Waals surface area contributed by atoms with Crippen LogP contribution in [-0.4, -0.2) is 124 Å². The van der Waals surface area contributed by atoms with E-state index < -0.39 is 45.6 Å². The van der Waals surface area contributed by atoms with Gasteiger partial charge in [0.1, 0.15) is 5.54 Å². The van der Waals surface area contributed by atoms with Crippen molar-refractivity contribution in [2.75, 3.05) is 80.3 Å². The molecule has 0 heterocycles. The number of nitrogens with one attached hydrogen (secondary N) is 3.